The van der Waals surface area contributed by atoms with E-state index < -0.39 is 5.97 Å². The van der Waals surface area contributed by atoms with E-state index in [4.69, 9.17) is 5.11 Å². The van der Waals surface area contributed by atoms with Crippen LogP contribution >= 0.6 is 11.8 Å². The van der Waals surface area contributed by atoms with Gasteiger partial charge in [-0.25, -0.2) is 4.98 Å². The van der Waals surface area contributed by atoms with Crippen molar-refractivity contribution in [2.75, 3.05) is 5.75 Å². The Bertz CT molecular complexity index is 403. The quantitative estimate of drug-likeness (QED) is 0.578. The average Bonchev–Trinajstić information content (AvgIpc) is 2.14. The van der Waals surface area contributed by atoms with E-state index in [-0.39, 0.29) is 11.3 Å². The van der Waals surface area contributed by atoms with Crippen molar-refractivity contribution in [1.29, 1.82) is 0 Å². The summed E-state index contributed by atoms with van der Waals surface area (Å²) in [7, 11) is 0. The third-order valence-corrected chi connectivity index (χ3v) is 2.47. The van der Waals surface area contributed by atoms with Crippen molar-refractivity contribution in [3.63, 3.8) is 0 Å². The minimum Gasteiger partial charge on any atom is -0.481 e. The molecule has 0 aliphatic rings. The second-order valence-electron chi connectivity index (χ2n) is 2.97. The highest BCUT2D eigenvalue weighted by Crippen LogP contribution is 2.11. The Hall–Kier alpha value is -1.30. The van der Waals surface area contributed by atoms with Gasteiger partial charge < -0.3 is 10.1 Å². The first-order chi connectivity index (χ1) is 7.11. The molecule has 0 aliphatic heterocycles. The Kier molecular flexibility index (Phi) is 4.36. The molecule has 0 aromatic carbocycles. The van der Waals surface area contributed by atoms with E-state index in [0.717, 1.165) is 24.6 Å². The van der Waals surface area contributed by atoms with Gasteiger partial charge in [0.1, 0.15) is 0 Å². The van der Waals surface area contributed by atoms with E-state index in [1.165, 1.54) is 6.07 Å². The summed E-state index contributed by atoms with van der Waals surface area (Å²) in [5.74, 6) is -1.03. The van der Waals surface area contributed by atoms with Crippen molar-refractivity contribution in [2.24, 2.45) is 0 Å². The van der Waals surface area contributed by atoms with Gasteiger partial charge in [0.2, 0.25) is 0 Å². The molecule has 6 heteroatoms. The molecule has 0 fully saturated rings. The van der Waals surface area contributed by atoms with Crippen molar-refractivity contribution >= 4 is 17.7 Å². The summed E-state index contributed by atoms with van der Waals surface area (Å²) in [6, 6.07) is 1.44. The van der Waals surface area contributed by atoms with Gasteiger partial charge in [0.25, 0.3) is 5.56 Å². The van der Waals surface area contributed by atoms with E-state index in [1.54, 1.807) is 0 Å². The number of hydrogen-bond donors (Lipinski definition) is 2. The van der Waals surface area contributed by atoms with Crippen LogP contribution < -0.4 is 5.56 Å². The Morgan fingerprint density at radius 1 is 1.67 bits per heavy atom. The van der Waals surface area contributed by atoms with Gasteiger partial charge in [-0.2, -0.15) is 0 Å². The number of nitrogens with one attached hydrogen (secondary N) is 1. The fourth-order valence-corrected chi connectivity index (χ4v) is 1.68. The molecule has 15 heavy (non-hydrogen) atoms. The van der Waals surface area contributed by atoms with Gasteiger partial charge in [-0.1, -0.05) is 25.1 Å². The molecule has 0 aliphatic carbocycles. The van der Waals surface area contributed by atoms with Crippen LogP contribution in [0.5, 0.6) is 0 Å². The van der Waals surface area contributed by atoms with Crippen LogP contribution in [-0.2, 0) is 11.2 Å². The highest BCUT2D eigenvalue weighted by Gasteiger charge is 2.04. The molecule has 1 aromatic rings. The van der Waals surface area contributed by atoms with Crippen LogP contribution in [0.15, 0.2) is 16.0 Å². The Balaban J connectivity index is 2.79. The monoisotopic (exact) mass is 228 g/mol. The van der Waals surface area contributed by atoms with Gasteiger partial charge in [-0.3, -0.25) is 9.59 Å². The second-order valence-corrected chi connectivity index (χ2v) is 3.94. The van der Waals surface area contributed by atoms with Gasteiger partial charge in [-0.15, -0.1) is 0 Å². The maximum absolute atomic E-state index is 11.2. The SMILES string of the molecule is CCCc1cc(=O)[nH]c(SCC(=O)O)n1. The molecule has 0 bridgehead atoms. The van der Waals surface area contributed by atoms with Crippen LogP contribution in [-0.4, -0.2) is 26.8 Å². The molecule has 1 rings (SSSR count). The second kappa shape index (κ2) is 5.55. The van der Waals surface area contributed by atoms with E-state index in [2.05, 4.69) is 9.97 Å². The zero-order valence-corrected chi connectivity index (χ0v) is 9.13. The maximum Gasteiger partial charge on any atom is 0.313 e. The van der Waals surface area contributed by atoms with Crippen LogP contribution in [0, 0.1) is 0 Å². The molecule has 0 atom stereocenters. The lowest BCUT2D eigenvalue weighted by Crippen LogP contribution is -2.11. The molecular weight excluding hydrogens is 216 g/mol. The Morgan fingerprint density at radius 2 is 2.40 bits per heavy atom. The molecule has 0 saturated carbocycles. The Morgan fingerprint density at radius 3 is 3.00 bits per heavy atom. The zero-order valence-electron chi connectivity index (χ0n) is 8.32. The zero-order chi connectivity index (χ0) is 11.3. The van der Waals surface area contributed by atoms with Crippen molar-refractivity contribution in [2.45, 2.75) is 24.9 Å². The molecule has 82 valence electrons. The number of carboxylic acids is 1. The van der Waals surface area contributed by atoms with E-state index in [0.29, 0.717) is 10.9 Å². The molecular formula is C9H12N2O3S. The number of H-pyrrole nitrogens is 1. The van der Waals surface area contributed by atoms with Gasteiger partial charge in [0.05, 0.1) is 5.75 Å². The molecule has 1 heterocycles. The lowest BCUT2D eigenvalue weighted by Gasteiger charge is -2.01. The summed E-state index contributed by atoms with van der Waals surface area (Å²) in [4.78, 5) is 28.1. The number of hydrogen-bond acceptors (Lipinski definition) is 4. The van der Waals surface area contributed by atoms with Gasteiger partial charge in [0.15, 0.2) is 5.16 Å². The first-order valence-electron chi connectivity index (χ1n) is 4.56. The highest BCUT2D eigenvalue weighted by atomic mass is 32.2. The standard InChI is InChI=1S/C9H12N2O3S/c1-2-3-6-4-7(12)11-9(10-6)15-5-8(13)14/h4H,2-3,5H2,1H3,(H,13,14)(H,10,11,12). The first kappa shape index (κ1) is 11.8. The number of aromatic nitrogens is 2. The lowest BCUT2D eigenvalue weighted by molar-refractivity contribution is -0.133. The normalized spacial score (nSPS) is 10.2. The number of carbonyl (C=O) groups is 1. The van der Waals surface area contributed by atoms with Crippen LogP contribution in [0.4, 0.5) is 0 Å². The number of carboxylic acid groups (broad SMARTS) is 1. The molecule has 0 radical (unpaired) electrons. The number of aliphatic carboxylic acids is 1. The largest absolute Gasteiger partial charge is 0.481 e. The molecule has 0 spiro atoms. The number of rotatable bonds is 5. The molecule has 5 nitrogen and oxygen atoms in total. The summed E-state index contributed by atoms with van der Waals surface area (Å²) in [6.07, 6.45) is 1.63. The Labute approximate surface area is 90.9 Å². The minimum absolute atomic E-state index is 0.0987. The van der Waals surface area contributed by atoms with Gasteiger partial charge >= 0.3 is 5.97 Å². The van der Waals surface area contributed by atoms with E-state index in [1.807, 2.05) is 6.92 Å². The van der Waals surface area contributed by atoms with Crippen LogP contribution in [0.1, 0.15) is 19.0 Å². The molecule has 2 N–H and O–H groups in total. The summed E-state index contributed by atoms with van der Waals surface area (Å²) < 4.78 is 0. The van der Waals surface area contributed by atoms with Crippen molar-refractivity contribution in [1.82, 2.24) is 9.97 Å². The number of thioether (sulfide) groups is 1. The minimum atomic E-state index is -0.927. The van der Waals surface area contributed by atoms with E-state index in [9.17, 15) is 9.59 Å². The predicted molar refractivity (Wildman–Crippen MR) is 57.2 cm³/mol. The smallest absolute Gasteiger partial charge is 0.313 e. The van der Waals surface area contributed by atoms with Gasteiger partial charge in [0, 0.05) is 11.8 Å². The maximum atomic E-state index is 11.2. The van der Waals surface area contributed by atoms with Crippen LogP contribution in [0.2, 0.25) is 0 Å². The molecule has 0 amide bonds. The summed E-state index contributed by atoms with van der Waals surface area (Å²) in [5.41, 5.74) is 0.468. The van der Waals surface area contributed by atoms with E-state index >= 15 is 0 Å². The van der Waals surface area contributed by atoms with Crippen LogP contribution in [0.25, 0.3) is 0 Å². The molecule has 0 saturated heterocycles. The van der Waals surface area contributed by atoms with Crippen molar-refractivity contribution in [3.05, 3.63) is 22.1 Å². The number of aromatic amines is 1. The summed E-state index contributed by atoms with van der Waals surface area (Å²) in [6.45, 7) is 1.99. The first-order valence-corrected chi connectivity index (χ1v) is 5.55. The van der Waals surface area contributed by atoms with Crippen LogP contribution in [0.3, 0.4) is 0 Å². The molecule has 1 aromatic heterocycles. The number of aryl methyl sites for hydroxylation is 1. The third kappa shape index (κ3) is 4.16. The lowest BCUT2D eigenvalue weighted by atomic mass is 10.2. The van der Waals surface area contributed by atoms with Crippen molar-refractivity contribution < 1.29 is 9.90 Å². The highest BCUT2D eigenvalue weighted by molar-refractivity contribution is 7.99. The van der Waals surface area contributed by atoms with Crippen molar-refractivity contribution in [3.8, 4) is 0 Å². The predicted octanol–water partition coefficient (Wildman–Crippen LogP) is 0.899. The fraction of sp³-hybridized carbons (Fsp3) is 0.444. The fourth-order valence-electron chi connectivity index (χ4n) is 1.07. The number of nitrogens with zero attached hydrogens (tertiary/aromatic N) is 1. The summed E-state index contributed by atoms with van der Waals surface area (Å²) >= 11 is 1.02. The third-order valence-electron chi connectivity index (χ3n) is 1.61. The summed E-state index contributed by atoms with van der Waals surface area (Å²) in [5, 5.41) is 8.84. The van der Waals surface area contributed by atoms with Gasteiger partial charge in [-0.05, 0) is 6.42 Å². The molecule has 0 unspecified atom stereocenters. The average molecular weight is 228 g/mol. The topological polar surface area (TPSA) is 83.0 Å².